The third-order valence-electron chi connectivity index (χ3n) is 2.62. The zero-order chi connectivity index (χ0) is 11.8. The molecule has 0 spiro atoms. The maximum absolute atomic E-state index is 5.88. The predicted molar refractivity (Wildman–Crippen MR) is 66.2 cm³/mol. The van der Waals surface area contributed by atoms with Crippen molar-refractivity contribution in [3.05, 3.63) is 36.7 Å². The van der Waals surface area contributed by atoms with Crippen molar-refractivity contribution in [1.82, 2.24) is 19.5 Å². The van der Waals surface area contributed by atoms with Gasteiger partial charge in [-0.3, -0.25) is 0 Å². The zero-order valence-electron chi connectivity index (χ0n) is 9.33. The Morgan fingerprint density at radius 2 is 1.88 bits per heavy atom. The molecule has 0 amide bonds. The highest BCUT2D eigenvalue weighted by molar-refractivity contribution is 5.83. The lowest BCUT2D eigenvalue weighted by Crippen LogP contribution is -1.99. The molecule has 2 aromatic heterocycles. The molecule has 0 unspecified atom stereocenters. The van der Waals surface area contributed by atoms with Crippen LogP contribution in [-0.4, -0.2) is 19.5 Å². The molecule has 0 aliphatic carbocycles. The number of benzene rings is 1. The second kappa shape index (κ2) is 3.55. The van der Waals surface area contributed by atoms with Crippen molar-refractivity contribution in [2.75, 3.05) is 5.73 Å². The summed E-state index contributed by atoms with van der Waals surface area (Å²) in [5, 5.41) is 0. The Kier molecular flexibility index (Phi) is 2.04. The van der Waals surface area contributed by atoms with Crippen LogP contribution < -0.4 is 5.73 Å². The topological polar surface area (TPSA) is 69.6 Å². The van der Waals surface area contributed by atoms with E-state index in [2.05, 4.69) is 15.0 Å². The van der Waals surface area contributed by atoms with Gasteiger partial charge in [0.2, 0.25) is 0 Å². The molecule has 3 rings (SSSR count). The number of nitrogens with zero attached hydrogens (tertiary/aromatic N) is 4. The number of nitrogens with two attached hydrogens (primary N) is 1. The van der Waals surface area contributed by atoms with Crippen molar-refractivity contribution < 1.29 is 0 Å². The lowest BCUT2D eigenvalue weighted by molar-refractivity contribution is 0.929. The highest BCUT2D eigenvalue weighted by atomic mass is 15.1. The first-order valence-electron chi connectivity index (χ1n) is 5.25. The second-order valence-electron chi connectivity index (χ2n) is 3.83. The summed E-state index contributed by atoms with van der Waals surface area (Å²) < 4.78 is 1.83. The minimum atomic E-state index is 0.412. The van der Waals surface area contributed by atoms with E-state index in [9.17, 15) is 0 Å². The molecule has 2 heterocycles. The van der Waals surface area contributed by atoms with Crippen LogP contribution in [0.4, 0.5) is 5.82 Å². The molecule has 0 radical (unpaired) electrons. The molecule has 17 heavy (non-hydrogen) atoms. The van der Waals surface area contributed by atoms with Gasteiger partial charge in [0.25, 0.3) is 0 Å². The van der Waals surface area contributed by atoms with E-state index in [1.807, 2.05) is 41.9 Å². The minimum absolute atomic E-state index is 0.412. The van der Waals surface area contributed by atoms with E-state index in [1.54, 1.807) is 6.33 Å². The molecule has 0 saturated carbocycles. The van der Waals surface area contributed by atoms with Gasteiger partial charge in [0, 0.05) is 12.6 Å². The zero-order valence-corrected chi connectivity index (χ0v) is 9.33. The maximum atomic E-state index is 5.88. The van der Waals surface area contributed by atoms with E-state index in [0.717, 1.165) is 11.2 Å². The third-order valence-corrected chi connectivity index (χ3v) is 2.62. The summed E-state index contributed by atoms with van der Waals surface area (Å²) >= 11 is 0. The fourth-order valence-electron chi connectivity index (χ4n) is 1.74. The summed E-state index contributed by atoms with van der Waals surface area (Å²) in [5.41, 5.74) is 8.22. The van der Waals surface area contributed by atoms with E-state index >= 15 is 0 Å². The first-order chi connectivity index (χ1) is 8.25. The van der Waals surface area contributed by atoms with Gasteiger partial charge in [-0.15, -0.1) is 0 Å². The Morgan fingerprint density at radius 1 is 1.12 bits per heavy atom. The predicted octanol–water partition coefficient (Wildman–Crippen LogP) is 1.61. The van der Waals surface area contributed by atoms with Crippen molar-refractivity contribution in [2.24, 2.45) is 7.05 Å². The van der Waals surface area contributed by atoms with Crippen LogP contribution in [0.3, 0.4) is 0 Å². The fraction of sp³-hybridized carbons (Fsp3) is 0.0833. The fourth-order valence-corrected chi connectivity index (χ4v) is 1.74. The molecular weight excluding hydrogens is 214 g/mol. The van der Waals surface area contributed by atoms with E-state index in [1.165, 1.54) is 0 Å². The van der Waals surface area contributed by atoms with Crippen molar-refractivity contribution in [3.8, 4) is 11.4 Å². The van der Waals surface area contributed by atoms with Gasteiger partial charge >= 0.3 is 0 Å². The van der Waals surface area contributed by atoms with Crippen LogP contribution in [0.1, 0.15) is 0 Å². The van der Waals surface area contributed by atoms with Crippen LogP contribution in [0.2, 0.25) is 0 Å². The number of hydrogen-bond acceptors (Lipinski definition) is 4. The molecule has 3 aromatic rings. The Morgan fingerprint density at radius 3 is 2.65 bits per heavy atom. The molecular formula is C12H11N5. The van der Waals surface area contributed by atoms with Crippen molar-refractivity contribution in [2.45, 2.75) is 0 Å². The van der Waals surface area contributed by atoms with Crippen LogP contribution in [0.5, 0.6) is 0 Å². The van der Waals surface area contributed by atoms with Crippen LogP contribution in [-0.2, 0) is 7.05 Å². The Hall–Kier alpha value is -2.43. The molecule has 84 valence electrons. The van der Waals surface area contributed by atoms with Crippen LogP contribution in [0.15, 0.2) is 36.7 Å². The third kappa shape index (κ3) is 1.52. The van der Waals surface area contributed by atoms with E-state index < -0.39 is 0 Å². The summed E-state index contributed by atoms with van der Waals surface area (Å²) in [6.07, 6.45) is 1.68. The Labute approximate surface area is 98.0 Å². The number of anilines is 1. The highest BCUT2D eigenvalue weighted by Gasteiger charge is 2.10. The van der Waals surface area contributed by atoms with Crippen molar-refractivity contribution in [3.63, 3.8) is 0 Å². The lowest BCUT2D eigenvalue weighted by atomic mass is 10.2. The number of nitrogen functional groups attached to an aromatic ring is 1. The van der Waals surface area contributed by atoms with Gasteiger partial charge in [0.1, 0.15) is 5.52 Å². The number of rotatable bonds is 1. The van der Waals surface area contributed by atoms with E-state index in [-0.39, 0.29) is 0 Å². The number of aryl methyl sites for hydroxylation is 1. The van der Waals surface area contributed by atoms with Crippen LogP contribution >= 0.6 is 0 Å². The molecule has 1 aromatic carbocycles. The molecule has 0 bridgehead atoms. The van der Waals surface area contributed by atoms with Gasteiger partial charge in [-0.25, -0.2) is 15.0 Å². The first kappa shape index (κ1) is 9.77. The van der Waals surface area contributed by atoms with Gasteiger partial charge in [-0.1, -0.05) is 30.3 Å². The Bertz CT molecular complexity index is 672. The average Bonchev–Trinajstić information content (AvgIpc) is 2.73. The monoisotopic (exact) mass is 225 g/mol. The molecule has 5 heteroatoms. The summed E-state index contributed by atoms with van der Waals surface area (Å²) in [7, 11) is 1.89. The molecule has 0 saturated heterocycles. The number of fused-ring (bicyclic) bond motifs is 1. The second-order valence-corrected chi connectivity index (χ2v) is 3.83. The number of imidazole rings is 1. The van der Waals surface area contributed by atoms with E-state index in [4.69, 9.17) is 5.73 Å². The largest absolute Gasteiger partial charge is 0.382 e. The summed E-state index contributed by atoms with van der Waals surface area (Å²) in [4.78, 5) is 12.9. The molecule has 5 nitrogen and oxygen atoms in total. The van der Waals surface area contributed by atoms with Gasteiger partial charge in [-0.2, -0.15) is 0 Å². The SMILES string of the molecule is Cn1cnc2c(N)nc(-c3ccccc3)nc21. The lowest BCUT2D eigenvalue weighted by Gasteiger charge is -2.02. The molecule has 0 fully saturated rings. The van der Waals surface area contributed by atoms with Gasteiger partial charge < -0.3 is 10.3 Å². The molecule has 2 N–H and O–H groups in total. The normalized spacial score (nSPS) is 10.9. The van der Waals surface area contributed by atoms with E-state index in [0.29, 0.717) is 17.2 Å². The highest BCUT2D eigenvalue weighted by Crippen LogP contribution is 2.21. The quantitative estimate of drug-likeness (QED) is 0.683. The van der Waals surface area contributed by atoms with Crippen LogP contribution in [0.25, 0.3) is 22.6 Å². The summed E-state index contributed by atoms with van der Waals surface area (Å²) in [6, 6.07) is 9.76. The molecule has 0 aliphatic heterocycles. The van der Waals surface area contributed by atoms with Gasteiger partial charge in [-0.05, 0) is 0 Å². The average molecular weight is 225 g/mol. The summed E-state index contributed by atoms with van der Waals surface area (Å²) in [5.74, 6) is 1.04. The smallest absolute Gasteiger partial charge is 0.165 e. The standard InChI is InChI=1S/C12H11N5/c1-17-7-14-9-10(13)15-11(16-12(9)17)8-5-3-2-4-6-8/h2-7H,1H3,(H2,13,15,16). The minimum Gasteiger partial charge on any atom is -0.382 e. The molecule has 0 atom stereocenters. The maximum Gasteiger partial charge on any atom is 0.165 e. The van der Waals surface area contributed by atoms with Crippen molar-refractivity contribution in [1.29, 1.82) is 0 Å². The number of hydrogen-bond donors (Lipinski definition) is 1. The molecule has 0 aliphatic rings. The summed E-state index contributed by atoms with van der Waals surface area (Å²) in [6.45, 7) is 0. The van der Waals surface area contributed by atoms with Gasteiger partial charge in [0.05, 0.1) is 6.33 Å². The number of aromatic nitrogens is 4. The van der Waals surface area contributed by atoms with Crippen molar-refractivity contribution >= 4 is 17.0 Å². The van der Waals surface area contributed by atoms with Crippen LogP contribution in [0, 0.1) is 0 Å². The first-order valence-corrected chi connectivity index (χ1v) is 5.25. The Balaban J connectivity index is 2.28. The van der Waals surface area contributed by atoms with Gasteiger partial charge in [0.15, 0.2) is 17.3 Å².